The fourth-order valence-corrected chi connectivity index (χ4v) is 2.48. The number of hydrogen-bond acceptors (Lipinski definition) is 3. The first-order chi connectivity index (χ1) is 8.84. The summed E-state index contributed by atoms with van der Waals surface area (Å²) in [4.78, 5) is 12.0. The summed E-state index contributed by atoms with van der Waals surface area (Å²) in [7, 11) is 0. The molecule has 3 rings (SSSR count). The minimum absolute atomic E-state index is 0.142. The summed E-state index contributed by atoms with van der Waals surface area (Å²) >= 11 is 0. The molecule has 1 saturated carbocycles. The van der Waals surface area contributed by atoms with E-state index in [9.17, 15) is 4.79 Å². The summed E-state index contributed by atoms with van der Waals surface area (Å²) in [6, 6.07) is 0.474. The van der Waals surface area contributed by atoms with Gasteiger partial charge in [0.1, 0.15) is 0 Å². The second-order valence-electron chi connectivity index (χ2n) is 5.35. The van der Waals surface area contributed by atoms with Crippen molar-refractivity contribution in [1.82, 2.24) is 14.5 Å². The quantitative estimate of drug-likeness (QED) is 0.754. The lowest BCUT2D eigenvalue weighted by Crippen LogP contribution is -2.30. The molecule has 2 fully saturated rings. The molecule has 5 nitrogen and oxygen atoms in total. The first-order valence-corrected chi connectivity index (χ1v) is 6.90. The fraction of sp³-hybridized carbons (Fsp3) is 0.769. The van der Waals surface area contributed by atoms with Crippen LogP contribution in [0, 0.1) is 5.92 Å². The third kappa shape index (κ3) is 2.67. The van der Waals surface area contributed by atoms with Gasteiger partial charge in [0.2, 0.25) is 0 Å². The van der Waals surface area contributed by atoms with Crippen molar-refractivity contribution in [3.8, 4) is 0 Å². The van der Waals surface area contributed by atoms with Crippen molar-refractivity contribution in [2.24, 2.45) is 5.92 Å². The predicted molar refractivity (Wildman–Crippen MR) is 68.8 cm³/mol. The molecule has 0 radical (unpaired) electrons. The van der Waals surface area contributed by atoms with Crippen LogP contribution < -0.4 is 11.0 Å². The van der Waals surface area contributed by atoms with Crippen LogP contribution in [0.5, 0.6) is 0 Å². The molecule has 0 spiro atoms. The number of nitrogens with zero attached hydrogens (tertiary/aromatic N) is 2. The highest BCUT2D eigenvalue weighted by Crippen LogP contribution is 2.33. The highest BCUT2D eigenvalue weighted by molar-refractivity contribution is 4.91. The van der Waals surface area contributed by atoms with Crippen molar-refractivity contribution < 1.29 is 4.74 Å². The van der Waals surface area contributed by atoms with Crippen molar-refractivity contribution in [3.05, 3.63) is 22.9 Å². The Morgan fingerprint density at radius 3 is 2.94 bits per heavy atom. The number of hydrogen-bond donors (Lipinski definition) is 1. The molecular weight excluding hydrogens is 230 g/mol. The summed E-state index contributed by atoms with van der Waals surface area (Å²) in [6.45, 7) is 4.39. The Bertz CT molecular complexity index is 441. The van der Waals surface area contributed by atoms with Gasteiger partial charge in [-0.05, 0) is 25.2 Å². The van der Waals surface area contributed by atoms with E-state index in [1.165, 1.54) is 0 Å². The van der Waals surface area contributed by atoms with Gasteiger partial charge in [0.15, 0.2) is 0 Å². The van der Waals surface area contributed by atoms with Crippen LogP contribution in [-0.2, 0) is 11.3 Å². The number of imidazole rings is 1. The second kappa shape index (κ2) is 5.28. The van der Waals surface area contributed by atoms with E-state index in [0.717, 1.165) is 52.1 Å². The molecule has 1 N–H and O–H groups in total. The molecular formula is C13H21N3O2. The van der Waals surface area contributed by atoms with Gasteiger partial charge in [0, 0.05) is 44.7 Å². The van der Waals surface area contributed by atoms with E-state index in [0.29, 0.717) is 12.0 Å². The molecule has 1 atom stereocenters. The summed E-state index contributed by atoms with van der Waals surface area (Å²) in [5.41, 5.74) is 0.142. The summed E-state index contributed by atoms with van der Waals surface area (Å²) in [5.74, 6) is 0.651. The van der Waals surface area contributed by atoms with Gasteiger partial charge in [0.05, 0.1) is 6.61 Å². The molecule has 0 aromatic carbocycles. The third-order valence-corrected chi connectivity index (χ3v) is 3.80. The first-order valence-electron chi connectivity index (χ1n) is 6.90. The van der Waals surface area contributed by atoms with E-state index in [1.807, 2.05) is 17.0 Å². The minimum Gasteiger partial charge on any atom is -0.381 e. The number of rotatable bonds is 6. The zero-order valence-corrected chi connectivity index (χ0v) is 10.7. The summed E-state index contributed by atoms with van der Waals surface area (Å²) < 4.78 is 9.00. The van der Waals surface area contributed by atoms with Crippen LogP contribution in [0.15, 0.2) is 17.2 Å². The van der Waals surface area contributed by atoms with Crippen molar-refractivity contribution in [1.29, 1.82) is 0 Å². The van der Waals surface area contributed by atoms with Crippen molar-refractivity contribution >= 4 is 0 Å². The molecule has 1 saturated heterocycles. The molecule has 1 unspecified atom stereocenters. The lowest BCUT2D eigenvalue weighted by molar-refractivity contribution is 0.185. The Labute approximate surface area is 107 Å². The molecule has 2 aliphatic rings. The minimum atomic E-state index is 0.142. The number of nitrogens with one attached hydrogen (secondary N) is 1. The maximum absolute atomic E-state index is 12.0. The van der Waals surface area contributed by atoms with Crippen molar-refractivity contribution in [2.75, 3.05) is 26.3 Å². The number of ether oxygens (including phenoxy) is 1. The van der Waals surface area contributed by atoms with Gasteiger partial charge in [-0.2, -0.15) is 0 Å². The Hall–Kier alpha value is -1.07. The molecule has 18 heavy (non-hydrogen) atoms. The monoisotopic (exact) mass is 251 g/mol. The second-order valence-corrected chi connectivity index (χ2v) is 5.35. The van der Waals surface area contributed by atoms with Crippen LogP contribution in [0.25, 0.3) is 0 Å². The highest BCUT2D eigenvalue weighted by atomic mass is 16.5. The van der Waals surface area contributed by atoms with Gasteiger partial charge < -0.3 is 10.1 Å². The maximum Gasteiger partial charge on any atom is 0.328 e. The molecule has 2 heterocycles. The highest BCUT2D eigenvalue weighted by Gasteiger charge is 2.25. The van der Waals surface area contributed by atoms with Gasteiger partial charge in [-0.25, -0.2) is 4.79 Å². The average Bonchev–Trinajstić information content (AvgIpc) is 2.95. The van der Waals surface area contributed by atoms with E-state index in [-0.39, 0.29) is 5.69 Å². The normalized spacial score (nSPS) is 23.7. The van der Waals surface area contributed by atoms with Crippen LogP contribution in [0.3, 0.4) is 0 Å². The molecule has 0 bridgehead atoms. The van der Waals surface area contributed by atoms with Crippen LogP contribution in [0.4, 0.5) is 0 Å². The lowest BCUT2D eigenvalue weighted by Gasteiger charge is -2.09. The molecule has 1 aliphatic heterocycles. The Balaban J connectivity index is 1.43. The SMILES string of the molecule is O=c1n(CCNCC2CCOC2)ccn1C1CC1. The van der Waals surface area contributed by atoms with E-state index in [1.54, 1.807) is 4.57 Å². The first kappa shape index (κ1) is 12.0. The van der Waals surface area contributed by atoms with Crippen molar-refractivity contribution in [3.63, 3.8) is 0 Å². The Morgan fingerprint density at radius 1 is 1.33 bits per heavy atom. The molecule has 1 aliphatic carbocycles. The Morgan fingerprint density at radius 2 is 2.22 bits per heavy atom. The summed E-state index contributed by atoms with van der Waals surface area (Å²) in [5, 5.41) is 3.41. The van der Waals surface area contributed by atoms with E-state index < -0.39 is 0 Å². The molecule has 100 valence electrons. The fourth-order valence-electron chi connectivity index (χ4n) is 2.48. The zero-order valence-electron chi connectivity index (χ0n) is 10.7. The van der Waals surface area contributed by atoms with Gasteiger partial charge in [-0.15, -0.1) is 0 Å². The van der Waals surface area contributed by atoms with Crippen LogP contribution in [0.2, 0.25) is 0 Å². The summed E-state index contributed by atoms with van der Waals surface area (Å²) in [6.07, 6.45) is 7.30. The van der Waals surface area contributed by atoms with Gasteiger partial charge in [-0.1, -0.05) is 0 Å². The predicted octanol–water partition coefficient (Wildman–Crippen LogP) is 0.611. The van der Waals surface area contributed by atoms with E-state index in [2.05, 4.69) is 5.32 Å². The average molecular weight is 251 g/mol. The van der Waals surface area contributed by atoms with Gasteiger partial charge in [-0.3, -0.25) is 9.13 Å². The molecule has 5 heteroatoms. The van der Waals surface area contributed by atoms with Gasteiger partial charge in [0.25, 0.3) is 0 Å². The van der Waals surface area contributed by atoms with Crippen LogP contribution in [0.1, 0.15) is 25.3 Å². The largest absolute Gasteiger partial charge is 0.381 e. The van der Waals surface area contributed by atoms with Crippen LogP contribution in [-0.4, -0.2) is 35.4 Å². The maximum atomic E-state index is 12.0. The van der Waals surface area contributed by atoms with Gasteiger partial charge >= 0.3 is 5.69 Å². The van der Waals surface area contributed by atoms with E-state index >= 15 is 0 Å². The topological polar surface area (TPSA) is 48.2 Å². The lowest BCUT2D eigenvalue weighted by atomic mass is 10.1. The van der Waals surface area contributed by atoms with E-state index in [4.69, 9.17) is 4.74 Å². The van der Waals surface area contributed by atoms with Crippen LogP contribution >= 0.6 is 0 Å². The Kier molecular flexibility index (Phi) is 3.52. The molecule has 0 amide bonds. The number of aromatic nitrogens is 2. The van der Waals surface area contributed by atoms with Crippen molar-refractivity contribution in [2.45, 2.75) is 31.8 Å². The smallest absolute Gasteiger partial charge is 0.328 e. The third-order valence-electron chi connectivity index (χ3n) is 3.80. The molecule has 1 aromatic rings. The zero-order chi connectivity index (χ0) is 12.4. The standard InChI is InChI=1S/C13H21N3O2/c17-13-15(6-7-16(13)12-1-2-12)5-4-14-9-11-3-8-18-10-11/h6-7,11-12,14H,1-5,8-10H2. The molecule has 1 aromatic heterocycles.